The van der Waals surface area contributed by atoms with Crippen molar-refractivity contribution >= 4 is 11.8 Å². The number of Topliss-reactive ketones (excluding diaryl/α,β-unsaturated/α-hetero) is 1. The molecule has 0 aromatic rings. The summed E-state index contributed by atoms with van der Waals surface area (Å²) < 4.78 is 4.29. The Morgan fingerprint density at radius 3 is 2.50 bits per heavy atom. The highest BCUT2D eigenvalue weighted by molar-refractivity contribution is 5.95. The van der Waals surface area contributed by atoms with Gasteiger partial charge in [-0.3, -0.25) is 9.59 Å². The molecule has 0 rings (SSSR count). The zero-order valence-corrected chi connectivity index (χ0v) is 7.37. The molecule has 0 aliphatic heterocycles. The van der Waals surface area contributed by atoms with Crippen LogP contribution in [0.1, 0.15) is 26.2 Å². The van der Waals surface area contributed by atoms with E-state index in [9.17, 15) is 9.59 Å². The second-order valence-electron chi connectivity index (χ2n) is 2.56. The largest absolute Gasteiger partial charge is 0.469 e. The summed E-state index contributed by atoms with van der Waals surface area (Å²) in [6.07, 6.45) is -0.325. The van der Waals surface area contributed by atoms with Crippen LogP contribution in [0.5, 0.6) is 0 Å². The second-order valence-corrected chi connectivity index (χ2v) is 2.56. The van der Waals surface area contributed by atoms with Crippen LogP contribution in [-0.4, -0.2) is 30.1 Å². The van der Waals surface area contributed by atoms with E-state index in [1.807, 2.05) is 0 Å². The summed E-state index contributed by atoms with van der Waals surface area (Å²) in [5, 5.41) is 9.04. The average Bonchev–Trinajstić information content (AvgIpc) is 2.03. The van der Waals surface area contributed by atoms with Gasteiger partial charge in [-0.05, 0) is 6.42 Å². The molecule has 12 heavy (non-hydrogen) atoms. The predicted octanol–water partition coefficient (Wildman–Crippen LogP) is 0.280. The number of aliphatic hydroxyl groups is 1. The Morgan fingerprint density at radius 2 is 2.08 bits per heavy atom. The molecule has 0 aromatic heterocycles. The molecule has 0 aromatic carbocycles. The molecule has 0 unspecified atom stereocenters. The van der Waals surface area contributed by atoms with Crippen molar-refractivity contribution in [3.63, 3.8) is 0 Å². The van der Waals surface area contributed by atoms with E-state index >= 15 is 0 Å². The summed E-state index contributed by atoms with van der Waals surface area (Å²) in [6.45, 7) is 1.77. The van der Waals surface area contributed by atoms with E-state index in [-0.39, 0.29) is 18.6 Å². The molecule has 0 spiro atoms. The molecular weight excluding hydrogens is 160 g/mol. The first-order valence-corrected chi connectivity index (χ1v) is 3.86. The molecular formula is C8H14O4. The first kappa shape index (κ1) is 11.1. The zero-order valence-electron chi connectivity index (χ0n) is 7.37. The molecule has 0 saturated carbocycles. The minimum atomic E-state index is -0.637. The van der Waals surface area contributed by atoms with E-state index in [1.165, 1.54) is 7.11 Å². The van der Waals surface area contributed by atoms with Crippen LogP contribution in [0.15, 0.2) is 0 Å². The van der Waals surface area contributed by atoms with Crippen molar-refractivity contribution in [1.29, 1.82) is 0 Å². The standard InChI is InChI=1S/C8H14O4/c1-3-6(9)4-7(10)5-8(11)12-2/h6,9H,3-5H2,1-2H3/t6-/m0/s1. The van der Waals surface area contributed by atoms with Crippen LogP contribution in [0.2, 0.25) is 0 Å². The maximum atomic E-state index is 10.9. The van der Waals surface area contributed by atoms with Crippen LogP contribution in [0, 0.1) is 0 Å². The number of methoxy groups -OCH3 is 1. The third kappa shape index (κ3) is 4.85. The number of hydrogen-bond acceptors (Lipinski definition) is 4. The Labute approximate surface area is 71.5 Å². The molecule has 0 aliphatic rings. The molecule has 0 fully saturated rings. The summed E-state index contributed by atoms with van der Waals surface area (Å²) in [6, 6.07) is 0. The van der Waals surface area contributed by atoms with Crippen molar-refractivity contribution in [3.05, 3.63) is 0 Å². The maximum absolute atomic E-state index is 10.9. The summed E-state index contributed by atoms with van der Waals surface area (Å²) in [5.41, 5.74) is 0. The van der Waals surface area contributed by atoms with Crippen LogP contribution in [-0.2, 0) is 14.3 Å². The molecule has 70 valence electrons. The SMILES string of the molecule is CC[C@H](O)CC(=O)CC(=O)OC. The maximum Gasteiger partial charge on any atom is 0.313 e. The average molecular weight is 174 g/mol. The first-order valence-electron chi connectivity index (χ1n) is 3.86. The fraction of sp³-hybridized carbons (Fsp3) is 0.750. The normalized spacial score (nSPS) is 12.2. The van der Waals surface area contributed by atoms with Crippen LogP contribution >= 0.6 is 0 Å². The Kier molecular flexibility index (Phi) is 5.28. The Hall–Kier alpha value is -0.900. The van der Waals surface area contributed by atoms with Gasteiger partial charge in [0.15, 0.2) is 0 Å². The van der Waals surface area contributed by atoms with Crippen LogP contribution < -0.4 is 0 Å². The van der Waals surface area contributed by atoms with E-state index in [4.69, 9.17) is 5.11 Å². The minimum Gasteiger partial charge on any atom is -0.469 e. The van der Waals surface area contributed by atoms with Crippen molar-refractivity contribution in [2.24, 2.45) is 0 Å². The van der Waals surface area contributed by atoms with Gasteiger partial charge in [-0.2, -0.15) is 0 Å². The van der Waals surface area contributed by atoms with Crippen molar-refractivity contribution in [1.82, 2.24) is 0 Å². The van der Waals surface area contributed by atoms with Crippen molar-refractivity contribution in [3.8, 4) is 0 Å². The molecule has 1 N–H and O–H groups in total. The smallest absolute Gasteiger partial charge is 0.313 e. The van der Waals surface area contributed by atoms with E-state index in [0.717, 1.165) is 0 Å². The van der Waals surface area contributed by atoms with Gasteiger partial charge in [0, 0.05) is 6.42 Å². The van der Waals surface area contributed by atoms with E-state index in [1.54, 1.807) is 6.92 Å². The number of ether oxygens (including phenoxy) is 1. The molecule has 0 aliphatic carbocycles. The van der Waals surface area contributed by atoms with Crippen molar-refractivity contribution < 1.29 is 19.4 Å². The molecule has 4 nitrogen and oxygen atoms in total. The van der Waals surface area contributed by atoms with Gasteiger partial charge in [0.25, 0.3) is 0 Å². The van der Waals surface area contributed by atoms with Gasteiger partial charge in [-0.25, -0.2) is 0 Å². The topological polar surface area (TPSA) is 63.6 Å². The molecule has 0 saturated heterocycles. The third-order valence-corrected chi connectivity index (χ3v) is 1.50. The predicted molar refractivity (Wildman–Crippen MR) is 42.6 cm³/mol. The lowest BCUT2D eigenvalue weighted by molar-refractivity contribution is -0.143. The number of carbonyl (C=O) groups excluding carboxylic acids is 2. The lowest BCUT2D eigenvalue weighted by Gasteiger charge is -2.04. The highest BCUT2D eigenvalue weighted by Gasteiger charge is 2.12. The minimum absolute atomic E-state index is 0.0333. The van der Waals surface area contributed by atoms with Gasteiger partial charge in [0.2, 0.25) is 0 Å². The molecule has 0 bridgehead atoms. The Balaban J connectivity index is 3.66. The van der Waals surface area contributed by atoms with Gasteiger partial charge in [0.05, 0.1) is 13.2 Å². The number of ketones is 1. The highest BCUT2D eigenvalue weighted by atomic mass is 16.5. The molecule has 0 amide bonds. The number of esters is 1. The number of hydrogen-bond donors (Lipinski definition) is 1. The fourth-order valence-corrected chi connectivity index (χ4v) is 0.712. The summed E-state index contributed by atoms with van der Waals surface area (Å²) >= 11 is 0. The summed E-state index contributed by atoms with van der Waals surface area (Å²) in [4.78, 5) is 21.5. The van der Waals surface area contributed by atoms with E-state index in [2.05, 4.69) is 4.74 Å². The second kappa shape index (κ2) is 5.71. The summed E-state index contributed by atoms with van der Waals surface area (Å²) in [7, 11) is 1.23. The summed E-state index contributed by atoms with van der Waals surface area (Å²) in [5.74, 6) is -0.834. The third-order valence-electron chi connectivity index (χ3n) is 1.50. The van der Waals surface area contributed by atoms with Crippen LogP contribution in [0.3, 0.4) is 0 Å². The molecule has 1 atom stereocenters. The lowest BCUT2D eigenvalue weighted by atomic mass is 10.1. The van der Waals surface area contributed by atoms with E-state index in [0.29, 0.717) is 6.42 Å². The molecule has 0 radical (unpaired) electrons. The van der Waals surface area contributed by atoms with Gasteiger partial charge >= 0.3 is 5.97 Å². The van der Waals surface area contributed by atoms with Crippen molar-refractivity contribution in [2.45, 2.75) is 32.3 Å². The van der Waals surface area contributed by atoms with Gasteiger partial charge in [-0.1, -0.05) is 6.92 Å². The zero-order chi connectivity index (χ0) is 9.56. The monoisotopic (exact) mass is 174 g/mol. The van der Waals surface area contributed by atoms with Gasteiger partial charge in [0.1, 0.15) is 12.2 Å². The number of aliphatic hydroxyl groups excluding tert-OH is 1. The van der Waals surface area contributed by atoms with Gasteiger partial charge < -0.3 is 9.84 Å². The van der Waals surface area contributed by atoms with Gasteiger partial charge in [-0.15, -0.1) is 0 Å². The number of carbonyl (C=O) groups is 2. The van der Waals surface area contributed by atoms with Crippen LogP contribution in [0.25, 0.3) is 0 Å². The van der Waals surface area contributed by atoms with E-state index < -0.39 is 12.1 Å². The van der Waals surface area contributed by atoms with Crippen LogP contribution in [0.4, 0.5) is 0 Å². The molecule has 0 heterocycles. The Morgan fingerprint density at radius 1 is 1.50 bits per heavy atom. The fourth-order valence-electron chi connectivity index (χ4n) is 0.712. The Bertz CT molecular complexity index is 164. The quantitative estimate of drug-likeness (QED) is 0.480. The number of rotatable bonds is 5. The van der Waals surface area contributed by atoms with Crippen molar-refractivity contribution in [2.75, 3.05) is 7.11 Å². The lowest BCUT2D eigenvalue weighted by Crippen LogP contribution is -2.16. The molecule has 4 heteroatoms. The highest BCUT2D eigenvalue weighted by Crippen LogP contribution is 2.00. The first-order chi connectivity index (χ1) is 5.60.